The molecule has 0 aliphatic heterocycles. The number of nitrogens with one attached hydrogen (secondary N) is 2. The number of rotatable bonds is 6. The van der Waals surface area contributed by atoms with Gasteiger partial charge in [-0.25, -0.2) is 8.42 Å². The topological polar surface area (TPSA) is 75.3 Å². The Morgan fingerprint density at radius 3 is 2.38 bits per heavy atom. The maximum atomic E-state index is 12.6. The molecule has 0 bridgehead atoms. The molecule has 0 aliphatic rings. The van der Waals surface area contributed by atoms with E-state index in [0.29, 0.717) is 10.7 Å². The zero-order valence-corrected chi connectivity index (χ0v) is 17.3. The summed E-state index contributed by atoms with van der Waals surface area (Å²) < 4.78 is 27.7. The second kappa shape index (κ2) is 9.13. The summed E-state index contributed by atoms with van der Waals surface area (Å²) in [5.41, 5.74) is 1.36. The Morgan fingerprint density at radius 2 is 1.66 bits per heavy atom. The van der Waals surface area contributed by atoms with Crippen molar-refractivity contribution in [3.05, 3.63) is 94.5 Å². The second-order valence-corrected chi connectivity index (χ2v) is 8.52. The van der Waals surface area contributed by atoms with E-state index in [1.54, 1.807) is 24.3 Å². The summed E-state index contributed by atoms with van der Waals surface area (Å²) >= 11 is 12.0. The lowest BCUT2D eigenvalue weighted by Crippen LogP contribution is -2.14. The molecule has 8 heteroatoms. The minimum Gasteiger partial charge on any atom is -0.321 e. The van der Waals surface area contributed by atoms with Crippen LogP contribution in [0.25, 0.3) is 6.08 Å². The fourth-order valence-corrected chi connectivity index (χ4v) is 3.87. The van der Waals surface area contributed by atoms with E-state index in [1.807, 2.05) is 30.3 Å². The van der Waals surface area contributed by atoms with Gasteiger partial charge in [0, 0.05) is 11.1 Å². The lowest BCUT2D eigenvalue weighted by molar-refractivity contribution is -0.111. The number of benzene rings is 3. The molecule has 3 aromatic carbocycles. The van der Waals surface area contributed by atoms with Crippen molar-refractivity contribution in [2.75, 3.05) is 10.0 Å². The van der Waals surface area contributed by atoms with Crippen LogP contribution in [0.2, 0.25) is 10.0 Å². The summed E-state index contributed by atoms with van der Waals surface area (Å²) in [4.78, 5) is 12.1. The number of hydrogen-bond donors (Lipinski definition) is 2. The number of anilines is 2. The van der Waals surface area contributed by atoms with Crippen LogP contribution >= 0.6 is 23.2 Å². The Morgan fingerprint density at radius 1 is 0.897 bits per heavy atom. The van der Waals surface area contributed by atoms with Gasteiger partial charge in [0.2, 0.25) is 5.91 Å². The van der Waals surface area contributed by atoms with Crippen molar-refractivity contribution in [3.63, 3.8) is 0 Å². The van der Waals surface area contributed by atoms with Crippen LogP contribution in [0.1, 0.15) is 5.56 Å². The largest absolute Gasteiger partial charge is 0.321 e. The molecule has 3 aromatic rings. The minimum atomic E-state index is -3.90. The molecule has 0 unspecified atom stereocenters. The number of carbonyl (C=O) groups excluding carboxylic acids is 1. The Labute approximate surface area is 179 Å². The lowest BCUT2D eigenvalue weighted by atomic mass is 10.2. The van der Waals surface area contributed by atoms with E-state index in [1.165, 1.54) is 30.3 Å². The third-order valence-corrected chi connectivity index (χ3v) is 5.75. The molecule has 3 rings (SSSR count). The van der Waals surface area contributed by atoms with E-state index in [2.05, 4.69) is 10.0 Å². The van der Waals surface area contributed by atoms with Crippen LogP contribution in [-0.4, -0.2) is 14.3 Å². The molecule has 29 heavy (non-hydrogen) atoms. The first-order chi connectivity index (χ1) is 13.8. The molecule has 0 aromatic heterocycles. The van der Waals surface area contributed by atoms with E-state index >= 15 is 0 Å². The van der Waals surface area contributed by atoms with Gasteiger partial charge in [0.1, 0.15) is 0 Å². The van der Waals surface area contributed by atoms with Gasteiger partial charge in [0.25, 0.3) is 10.0 Å². The van der Waals surface area contributed by atoms with E-state index in [9.17, 15) is 13.2 Å². The number of carbonyl (C=O) groups is 1. The molecule has 2 N–H and O–H groups in total. The molecule has 0 radical (unpaired) electrons. The predicted molar refractivity (Wildman–Crippen MR) is 118 cm³/mol. The molecular formula is C21H16Cl2N2O3S. The van der Waals surface area contributed by atoms with Gasteiger partial charge >= 0.3 is 0 Å². The summed E-state index contributed by atoms with van der Waals surface area (Å²) in [5, 5.41) is 3.21. The van der Waals surface area contributed by atoms with E-state index in [0.717, 1.165) is 5.56 Å². The molecule has 0 spiro atoms. The van der Waals surface area contributed by atoms with Crippen molar-refractivity contribution < 1.29 is 13.2 Å². The van der Waals surface area contributed by atoms with Crippen LogP contribution < -0.4 is 10.0 Å². The van der Waals surface area contributed by atoms with Gasteiger partial charge in [0.05, 0.1) is 21.3 Å². The van der Waals surface area contributed by atoms with Crippen molar-refractivity contribution in [3.8, 4) is 0 Å². The van der Waals surface area contributed by atoms with Crippen LogP contribution in [0.4, 0.5) is 11.4 Å². The third kappa shape index (κ3) is 5.84. The number of amides is 1. The van der Waals surface area contributed by atoms with Gasteiger partial charge in [-0.3, -0.25) is 9.52 Å². The van der Waals surface area contributed by atoms with Crippen LogP contribution in [0.3, 0.4) is 0 Å². The molecule has 1 amide bonds. The Bertz CT molecular complexity index is 1160. The Kier molecular flexibility index (Phi) is 6.59. The summed E-state index contributed by atoms with van der Waals surface area (Å²) in [6, 6.07) is 19.7. The quantitative estimate of drug-likeness (QED) is 0.494. The van der Waals surface area contributed by atoms with Crippen LogP contribution in [0.15, 0.2) is 83.8 Å². The lowest BCUT2D eigenvalue weighted by Gasteiger charge is -2.11. The zero-order chi connectivity index (χ0) is 20.9. The summed E-state index contributed by atoms with van der Waals surface area (Å²) in [7, 11) is -3.90. The molecular weight excluding hydrogens is 431 g/mol. The van der Waals surface area contributed by atoms with Gasteiger partial charge < -0.3 is 5.32 Å². The Balaban J connectivity index is 1.78. The van der Waals surface area contributed by atoms with Crippen molar-refractivity contribution in [2.45, 2.75) is 4.90 Å². The number of hydrogen-bond acceptors (Lipinski definition) is 3. The summed E-state index contributed by atoms with van der Waals surface area (Å²) in [6.45, 7) is 0. The molecule has 148 valence electrons. The third-order valence-electron chi connectivity index (χ3n) is 3.81. The first kappa shape index (κ1) is 20.9. The van der Waals surface area contributed by atoms with Crippen molar-refractivity contribution in [1.29, 1.82) is 0 Å². The number of halogens is 2. The van der Waals surface area contributed by atoms with Crippen molar-refractivity contribution in [1.82, 2.24) is 0 Å². The first-order valence-electron chi connectivity index (χ1n) is 8.45. The van der Waals surface area contributed by atoms with E-state index in [4.69, 9.17) is 23.2 Å². The smallest absolute Gasteiger partial charge is 0.261 e. The van der Waals surface area contributed by atoms with Gasteiger partial charge in [-0.15, -0.1) is 0 Å². The predicted octanol–water partition coefficient (Wildman–Crippen LogP) is 5.45. The average molecular weight is 447 g/mol. The molecule has 0 saturated heterocycles. The monoisotopic (exact) mass is 446 g/mol. The molecule has 0 fully saturated rings. The fraction of sp³-hybridized carbons (Fsp3) is 0. The maximum Gasteiger partial charge on any atom is 0.261 e. The zero-order valence-electron chi connectivity index (χ0n) is 15.0. The highest BCUT2D eigenvalue weighted by molar-refractivity contribution is 7.92. The van der Waals surface area contributed by atoms with Gasteiger partial charge in [-0.1, -0.05) is 59.6 Å². The summed E-state index contributed by atoms with van der Waals surface area (Å²) in [5.74, 6) is -0.437. The highest BCUT2D eigenvalue weighted by Crippen LogP contribution is 2.27. The number of sulfonamides is 1. The van der Waals surface area contributed by atoms with E-state index < -0.39 is 15.9 Å². The van der Waals surface area contributed by atoms with Crippen molar-refractivity contribution >= 4 is 56.6 Å². The van der Waals surface area contributed by atoms with Crippen LogP contribution in [0, 0.1) is 0 Å². The molecule has 0 saturated carbocycles. The second-order valence-electron chi connectivity index (χ2n) is 5.99. The van der Waals surface area contributed by atoms with Crippen LogP contribution in [0.5, 0.6) is 0 Å². The highest BCUT2D eigenvalue weighted by Gasteiger charge is 2.17. The minimum absolute atomic E-state index is 0.0517. The fourth-order valence-electron chi connectivity index (χ4n) is 2.44. The molecule has 0 atom stereocenters. The molecule has 0 aliphatic carbocycles. The van der Waals surface area contributed by atoms with E-state index in [-0.39, 0.29) is 15.6 Å². The first-order valence-corrected chi connectivity index (χ1v) is 10.7. The molecule has 5 nitrogen and oxygen atoms in total. The molecule has 0 heterocycles. The van der Waals surface area contributed by atoms with Gasteiger partial charge in [-0.2, -0.15) is 0 Å². The summed E-state index contributed by atoms with van der Waals surface area (Å²) in [6.07, 6.45) is 2.99. The standard InChI is InChI=1S/C21H16Cl2N2O3S/c22-16-7-4-8-17(13-16)25-29(27,28)18-10-11-19(23)20(14-18)24-21(26)12-9-15-5-2-1-3-6-15/h1-14,25H,(H,24,26). The highest BCUT2D eigenvalue weighted by atomic mass is 35.5. The Hall–Kier alpha value is -2.80. The van der Waals surface area contributed by atoms with Gasteiger partial charge in [0.15, 0.2) is 0 Å². The average Bonchev–Trinajstić information content (AvgIpc) is 2.68. The SMILES string of the molecule is O=C(C=Cc1ccccc1)Nc1cc(S(=O)(=O)Nc2cccc(Cl)c2)ccc1Cl. The van der Waals surface area contributed by atoms with Crippen LogP contribution in [-0.2, 0) is 14.8 Å². The van der Waals surface area contributed by atoms with Gasteiger partial charge in [-0.05, 0) is 48.0 Å². The maximum absolute atomic E-state index is 12.6. The normalized spacial score (nSPS) is 11.4. The van der Waals surface area contributed by atoms with Crippen molar-refractivity contribution in [2.24, 2.45) is 0 Å².